The zero-order chi connectivity index (χ0) is 61.9. The van der Waals surface area contributed by atoms with Crippen molar-refractivity contribution in [3.8, 4) is 0 Å². The third-order valence-corrected chi connectivity index (χ3v) is 17.9. The zero-order valence-electron chi connectivity index (χ0n) is 58.1. The van der Waals surface area contributed by atoms with E-state index in [2.05, 4.69) is 13.8 Å². The van der Waals surface area contributed by atoms with Crippen molar-refractivity contribution >= 4 is 17.9 Å². The molecule has 9 heteroatoms. The van der Waals surface area contributed by atoms with E-state index in [0.717, 1.165) is 38.5 Å². The van der Waals surface area contributed by atoms with E-state index < -0.39 is 18.4 Å². The number of unbranched alkanes of at least 4 members (excludes halogenated alkanes) is 58. The summed E-state index contributed by atoms with van der Waals surface area (Å²) in [5.74, 6) is -1.96. The molecule has 0 aromatic rings. The molecule has 85 heavy (non-hydrogen) atoms. The molecule has 0 radical (unpaired) electrons. The van der Waals surface area contributed by atoms with Gasteiger partial charge in [0.15, 0.2) is 6.10 Å². The van der Waals surface area contributed by atoms with E-state index in [9.17, 15) is 19.5 Å². The first-order valence-corrected chi connectivity index (χ1v) is 38.2. The van der Waals surface area contributed by atoms with Gasteiger partial charge in [0.2, 0.25) is 0 Å². The number of quaternary nitrogens is 1. The topological polar surface area (TPSA) is 108 Å². The maximum absolute atomic E-state index is 13.0. The van der Waals surface area contributed by atoms with E-state index in [0.29, 0.717) is 17.4 Å². The van der Waals surface area contributed by atoms with Gasteiger partial charge in [0.05, 0.1) is 34.4 Å². The van der Waals surface area contributed by atoms with Crippen molar-refractivity contribution in [2.24, 2.45) is 0 Å². The third kappa shape index (κ3) is 69.6. The fourth-order valence-corrected chi connectivity index (χ4v) is 12.0. The van der Waals surface area contributed by atoms with Crippen molar-refractivity contribution < 1.29 is 42.9 Å². The predicted molar refractivity (Wildman–Crippen MR) is 365 cm³/mol. The summed E-state index contributed by atoms with van der Waals surface area (Å²) in [6.07, 6.45) is 79.7. The Morgan fingerprint density at radius 3 is 0.753 bits per heavy atom. The van der Waals surface area contributed by atoms with E-state index in [4.69, 9.17) is 18.9 Å². The van der Waals surface area contributed by atoms with Gasteiger partial charge in [0.25, 0.3) is 6.29 Å². The van der Waals surface area contributed by atoms with Crippen LogP contribution in [0.2, 0.25) is 0 Å². The van der Waals surface area contributed by atoms with Crippen LogP contribution in [0.15, 0.2) is 0 Å². The Morgan fingerprint density at radius 1 is 0.306 bits per heavy atom. The van der Waals surface area contributed by atoms with E-state index in [1.165, 1.54) is 347 Å². The molecule has 0 rings (SSSR count). The lowest BCUT2D eigenvalue weighted by Crippen LogP contribution is -2.40. The fourth-order valence-electron chi connectivity index (χ4n) is 12.0. The lowest BCUT2D eigenvalue weighted by Gasteiger charge is -2.25. The third-order valence-electron chi connectivity index (χ3n) is 17.9. The Bertz CT molecular complexity index is 1350. The smallest absolute Gasteiger partial charge is 0.361 e. The number of carboxylic acid groups (broad SMARTS) is 1. The lowest BCUT2D eigenvalue weighted by molar-refractivity contribution is -0.870. The molecule has 2 unspecified atom stereocenters. The second-order valence-corrected chi connectivity index (χ2v) is 27.7. The van der Waals surface area contributed by atoms with Gasteiger partial charge in [-0.1, -0.05) is 386 Å². The van der Waals surface area contributed by atoms with Gasteiger partial charge in [-0.25, -0.2) is 4.79 Å². The molecule has 0 saturated carbocycles. The Morgan fingerprint density at radius 2 is 0.529 bits per heavy atom. The van der Waals surface area contributed by atoms with Gasteiger partial charge in [-0.2, -0.15) is 0 Å². The molecule has 0 heterocycles. The molecular formula is C76H150NO8+. The highest BCUT2D eigenvalue weighted by molar-refractivity contribution is 5.71. The van der Waals surface area contributed by atoms with Gasteiger partial charge in [-0.05, 0) is 12.8 Å². The van der Waals surface area contributed by atoms with E-state index in [1.54, 1.807) is 0 Å². The first kappa shape index (κ1) is 83.3. The van der Waals surface area contributed by atoms with Crippen molar-refractivity contribution in [2.75, 3.05) is 47.5 Å². The number of rotatable bonds is 73. The number of carbonyl (C=O) groups is 3. The van der Waals surface area contributed by atoms with E-state index in [-0.39, 0.29) is 38.2 Å². The number of nitrogens with zero attached hydrogens (tertiary/aromatic N) is 1. The van der Waals surface area contributed by atoms with E-state index >= 15 is 0 Å². The molecule has 0 aromatic carbocycles. The van der Waals surface area contributed by atoms with Gasteiger partial charge < -0.3 is 28.5 Å². The number of hydrogen-bond acceptors (Lipinski definition) is 7. The van der Waals surface area contributed by atoms with Crippen LogP contribution in [-0.4, -0.2) is 87.4 Å². The minimum atomic E-state index is -1.50. The molecule has 0 bridgehead atoms. The molecule has 506 valence electrons. The van der Waals surface area contributed by atoms with Crippen LogP contribution < -0.4 is 0 Å². The van der Waals surface area contributed by atoms with Crippen LogP contribution in [0, 0.1) is 0 Å². The highest BCUT2D eigenvalue weighted by Crippen LogP contribution is 2.20. The number of likely N-dealkylation sites (N-methyl/N-ethyl adjacent to an activating group) is 1. The molecule has 0 amide bonds. The molecule has 0 spiro atoms. The zero-order valence-corrected chi connectivity index (χ0v) is 58.1. The van der Waals surface area contributed by atoms with Crippen LogP contribution >= 0.6 is 0 Å². The largest absolute Gasteiger partial charge is 0.477 e. The molecule has 0 aliphatic heterocycles. The number of carboxylic acids is 1. The van der Waals surface area contributed by atoms with Crippen LogP contribution in [-0.2, 0) is 33.3 Å². The van der Waals surface area contributed by atoms with Crippen molar-refractivity contribution in [1.82, 2.24) is 0 Å². The van der Waals surface area contributed by atoms with Crippen LogP contribution in [0.3, 0.4) is 0 Å². The molecule has 0 aromatic heterocycles. The summed E-state index contributed by atoms with van der Waals surface area (Å²) in [7, 11) is 6.00. The van der Waals surface area contributed by atoms with Crippen LogP contribution in [0.25, 0.3) is 0 Å². The highest BCUT2D eigenvalue weighted by Gasteiger charge is 2.25. The minimum Gasteiger partial charge on any atom is -0.477 e. The minimum absolute atomic E-state index is 0.172. The average molecular weight is 1210 g/mol. The van der Waals surface area contributed by atoms with Gasteiger partial charge >= 0.3 is 17.9 Å². The highest BCUT2D eigenvalue weighted by atomic mass is 16.7. The van der Waals surface area contributed by atoms with Crippen molar-refractivity contribution in [2.45, 2.75) is 424 Å². The van der Waals surface area contributed by atoms with Gasteiger partial charge in [0.1, 0.15) is 13.2 Å². The molecule has 0 aliphatic rings. The predicted octanol–water partition coefficient (Wildman–Crippen LogP) is 23.8. The quantitative estimate of drug-likeness (QED) is 0.0278. The number of hydrogen-bond donors (Lipinski definition) is 1. The molecule has 0 aliphatic carbocycles. The maximum Gasteiger partial charge on any atom is 0.361 e. The van der Waals surface area contributed by atoms with Crippen LogP contribution in [0.4, 0.5) is 0 Å². The molecule has 0 saturated heterocycles. The summed E-state index contributed by atoms with van der Waals surface area (Å²) < 4.78 is 23.1. The molecule has 0 fully saturated rings. The lowest BCUT2D eigenvalue weighted by atomic mass is 10.0. The Balaban J connectivity index is 3.98. The molecule has 9 nitrogen and oxygen atoms in total. The SMILES string of the molecule is CCCCCCCCCCCCCCCCCCCCCCCCCCCCCCCCCCC(=O)OC(COC(=O)CCCCCCCCCCCCCCCCCCCCCCCCCCCCCC)COC(OCC[N+](C)(C)C)C(=O)O. The second kappa shape index (κ2) is 68.2. The summed E-state index contributed by atoms with van der Waals surface area (Å²) >= 11 is 0. The first-order valence-electron chi connectivity index (χ1n) is 38.2. The molecular weight excluding hydrogens is 1050 g/mol. The average Bonchev–Trinajstić information content (AvgIpc) is 3.48. The molecule has 2 atom stereocenters. The standard InChI is InChI=1S/C76H149NO8/c1-6-8-10-12-14-16-18-20-22-24-26-28-30-32-34-36-37-38-39-41-43-45-47-49-51-53-55-57-59-61-63-65-67-74(79)85-72(71-84-76(75(80)81)82-69-68-77(3,4)5)70-83-73(78)66-64-62-60-58-56-54-52-50-48-46-44-42-40-35-33-31-29-27-25-23-21-19-17-15-13-11-9-7-2/h72,76H,6-71H2,1-5H3/p+1. The van der Waals surface area contributed by atoms with Crippen LogP contribution in [0.1, 0.15) is 412 Å². The molecule has 1 N–H and O–H groups in total. The Kier molecular flexibility index (Phi) is 66.8. The Hall–Kier alpha value is -1.71. The van der Waals surface area contributed by atoms with Gasteiger partial charge in [0, 0.05) is 12.8 Å². The monoisotopic (exact) mass is 1210 g/mol. The number of esters is 2. The summed E-state index contributed by atoms with van der Waals surface area (Å²) in [4.78, 5) is 37.7. The number of ether oxygens (including phenoxy) is 4. The maximum atomic E-state index is 13.0. The van der Waals surface area contributed by atoms with Crippen molar-refractivity contribution in [3.63, 3.8) is 0 Å². The van der Waals surface area contributed by atoms with E-state index in [1.807, 2.05) is 21.1 Å². The summed E-state index contributed by atoms with van der Waals surface area (Å²) in [6, 6.07) is 0. The Labute approximate surface area is 530 Å². The summed E-state index contributed by atoms with van der Waals surface area (Å²) in [6.45, 7) is 4.98. The fraction of sp³-hybridized carbons (Fsp3) is 0.961. The number of aliphatic carboxylic acids is 1. The summed E-state index contributed by atoms with van der Waals surface area (Å²) in [5, 5.41) is 9.76. The number of carbonyl (C=O) groups excluding carboxylic acids is 2. The van der Waals surface area contributed by atoms with Gasteiger partial charge in [-0.15, -0.1) is 0 Å². The van der Waals surface area contributed by atoms with Crippen molar-refractivity contribution in [1.29, 1.82) is 0 Å². The van der Waals surface area contributed by atoms with Gasteiger partial charge in [-0.3, -0.25) is 9.59 Å². The normalized spacial score (nSPS) is 12.5. The summed E-state index contributed by atoms with van der Waals surface area (Å²) in [5.41, 5.74) is 0. The van der Waals surface area contributed by atoms with Crippen molar-refractivity contribution in [3.05, 3.63) is 0 Å². The first-order chi connectivity index (χ1) is 41.6. The second-order valence-electron chi connectivity index (χ2n) is 27.7. The van der Waals surface area contributed by atoms with Crippen LogP contribution in [0.5, 0.6) is 0 Å².